The Morgan fingerprint density at radius 2 is 2.21 bits per heavy atom. The molecule has 0 atom stereocenters. The van der Waals surface area contributed by atoms with Crippen LogP contribution in [0.1, 0.15) is 5.56 Å². The molecule has 0 saturated carbocycles. The van der Waals surface area contributed by atoms with E-state index in [9.17, 15) is 12.8 Å². The second kappa shape index (κ2) is 4.70. The van der Waals surface area contributed by atoms with Gasteiger partial charge in [0.15, 0.2) is 0 Å². The van der Waals surface area contributed by atoms with Crippen LogP contribution in [0.2, 0.25) is 0 Å². The average Bonchev–Trinajstić information content (AvgIpc) is 2.73. The minimum absolute atomic E-state index is 0.232. The van der Waals surface area contributed by atoms with E-state index in [2.05, 4.69) is 9.82 Å². The fraction of sp³-hybridized carbons (Fsp3) is 0.0909. The van der Waals surface area contributed by atoms with Gasteiger partial charge < -0.3 is 0 Å². The predicted molar refractivity (Wildman–Crippen MR) is 65.1 cm³/mol. The van der Waals surface area contributed by atoms with Crippen LogP contribution in [0.15, 0.2) is 35.5 Å². The van der Waals surface area contributed by atoms with Gasteiger partial charge in [-0.2, -0.15) is 10.4 Å². The molecule has 0 unspecified atom stereocenters. The zero-order valence-corrected chi connectivity index (χ0v) is 10.6. The number of nitriles is 1. The molecule has 0 amide bonds. The Bertz CT molecular complexity index is 761. The maximum absolute atomic E-state index is 13.4. The first-order valence-electron chi connectivity index (χ1n) is 5.14. The van der Waals surface area contributed by atoms with E-state index >= 15 is 0 Å². The van der Waals surface area contributed by atoms with Crippen LogP contribution in [-0.2, 0) is 17.1 Å². The molecule has 1 aromatic carbocycles. The van der Waals surface area contributed by atoms with Gasteiger partial charge in [-0.05, 0) is 12.1 Å². The standard InChI is InChI=1S/C11H9FN4O2S/c1-16-7-8(6-14-16)15-19(17,18)11-4-2-3-10(12)9(11)5-13/h2-4,6-7,15H,1H3. The van der Waals surface area contributed by atoms with E-state index in [1.54, 1.807) is 13.1 Å². The van der Waals surface area contributed by atoms with E-state index in [-0.39, 0.29) is 5.69 Å². The molecule has 0 saturated heterocycles. The Morgan fingerprint density at radius 1 is 1.47 bits per heavy atom. The van der Waals surface area contributed by atoms with Crippen molar-refractivity contribution < 1.29 is 12.8 Å². The summed E-state index contributed by atoms with van der Waals surface area (Å²) in [5.41, 5.74) is -0.283. The molecule has 0 fully saturated rings. The normalized spacial score (nSPS) is 11.0. The Kier molecular flexibility index (Phi) is 3.23. The van der Waals surface area contributed by atoms with Crippen LogP contribution in [0.25, 0.3) is 0 Å². The molecular weight excluding hydrogens is 271 g/mol. The number of hydrogen-bond donors (Lipinski definition) is 1. The van der Waals surface area contributed by atoms with Gasteiger partial charge >= 0.3 is 0 Å². The molecule has 1 aromatic heterocycles. The van der Waals surface area contributed by atoms with Gasteiger partial charge in [-0.3, -0.25) is 9.40 Å². The van der Waals surface area contributed by atoms with E-state index < -0.39 is 26.3 Å². The zero-order valence-electron chi connectivity index (χ0n) is 9.83. The summed E-state index contributed by atoms with van der Waals surface area (Å²) in [5.74, 6) is -0.878. The van der Waals surface area contributed by atoms with Crippen molar-refractivity contribution in [3.63, 3.8) is 0 Å². The van der Waals surface area contributed by atoms with Crippen molar-refractivity contribution in [3.05, 3.63) is 42.0 Å². The van der Waals surface area contributed by atoms with Crippen molar-refractivity contribution in [2.24, 2.45) is 7.05 Å². The van der Waals surface area contributed by atoms with Crippen molar-refractivity contribution in [3.8, 4) is 6.07 Å². The summed E-state index contributed by atoms with van der Waals surface area (Å²) in [6.07, 6.45) is 2.76. The molecule has 0 aliphatic heterocycles. The lowest BCUT2D eigenvalue weighted by molar-refractivity contribution is 0.593. The molecule has 0 radical (unpaired) electrons. The van der Waals surface area contributed by atoms with Crippen molar-refractivity contribution >= 4 is 15.7 Å². The molecule has 1 heterocycles. The topological polar surface area (TPSA) is 87.8 Å². The first-order valence-corrected chi connectivity index (χ1v) is 6.62. The third-order valence-electron chi connectivity index (χ3n) is 2.33. The van der Waals surface area contributed by atoms with Crippen molar-refractivity contribution in [1.29, 1.82) is 5.26 Å². The lowest BCUT2D eigenvalue weighted by atomic mass is 10.2. The summed E-state index contributed by atoms with van der Waals surface area (Å²) in [6, 6.07) is 4.97. The van der Waals surface area contributed by atoms with Crippen LogP contribution >= 0.6 is 0 Å². The summed E-state index contributed by atoms with van der Waals surface area (Å²) >= 11 is 0. The molecule has 1 N–H and O–H groups in total. The van der Waals surface area contributed by atoms with Crippen LogP contribution in [0.4, 0.5) is 10.1 Å². The Morgan fingerprint density at radius 3 is 2.79 bits per heavy atom. The summed E-state index contributed by atoms with van der Waals surface area (Å²) in [5, 5.41) is 12.6. The van der Waals surface area contributed by atoms with E-state index in [1.807, 2.05) is 0 Å². The van der Waals surface area contributed by atoms with Crippen molar-refractivity contribution in [2.45, 2.75) is 4.90 Å². The molecule has 0 bridgehead atoms. The third-order valence-corrected chi connectivity index (χ3v) is 3.76. The maximum atomic E-state index is 13.4. The van der Waals surface area contributed by atoms with Crippen LogP contribution in [0.3, 0.4) is 0 Å². The molecule has 0 aliphatic rings. The van der Waals surface area contributed by atoms with Crippen molar-refractivity contribution in [1.82, 2.24) is 9.78 Å². The third kappa shape index (κ3) is 2.56. The monoisotopic (exact) mass is 280 g/mol. The quantitative estimate of drug-likeness (QED) is 0.916. The molecular formula is C11H9FN4O2S. The minimum Gasteiger partial charge on any atom is -0.276 e. The summed E-state index contributed by atoms with van der Waals surface area (Å²) in [7, 11) is -2.41. The summed E-state index contributed by atoms with van der Waals surface area (Å²) in [4.78, 5) is -0.404. The second-order valence-corrected chi connectivity index (χ2v) is 5.38. The molecule has 0 spiro atoms. The fourth-order valence-corrected chi connectivity index (χ4v) is 2.72. The van der Waals surface area contributed by atoms with Gasteiger partial charge in [-0.15, -0.1) is 0 Å². The van der Waals surface area contributed by atoms with Crippen molar-refractivity contribution in [2.75, 3.05) is 4.72 Å². The largest absolute Gasteiger partial charge is 0.276 e. The SMILES string of the molecule is Cn1cc(NS(=O)(=O)c2cccc(F)c2C#N)cn1. The number of hydrogen-bond acceptors (Lipinski definition) is 4. The number of aromatic nitrogens is 2. The molecule has 19 heavy (non-hydrogen) atoms. The number of benzene rings is 1. The van der Waals surface area contributed by atoms with Gasteiger partial charge in [0.1, 0.15) is 22.3 Å². The van der Waals surface area contributed by atoms with Gasteiger partial charge in [0.2, 0.25) is 0 Å². The van der Waals surface area contributed by atoms with E-state index in [1.165, 1.54) is 29.2 Å². The molecule has 8 heteroatoms. The van der Waals surface area contributed by atoms with Gasteiger partial charge in [0.05, 0.1) is 11.9 Å². The highest BCUT2D eigenvalue weighted by molar-refractivity contribution is 7.92. The fourth-order valence-electron chi connectivity index (χ4n) is 1.52. The molecule has 2 aromatic rings. The Balaban J connectivity index is 2.46. The first kappa shape index (κ1) is 13.0. The molecule has 0 aliphatic carbocycles. The predicted octanol–water partition coefficient (Wildman–Crippen LogP) is 1.23. The zero-order chi connectivity index (χ0) is 14.0. The highest BCUT2D eigenvalue weighted by Gasteiger charge is 2.21. The van der Waals surface area contributed by atoms with E-state index in [0.29, 0.717) is 0 Å². The van der Waals surface area contributed by atoms with Crippen LogP contribution < -0.4 is 4.72 Å². The number of rotatable bonds is 3. The molecule has 2 rings (SSSR count). The van der Waals surface area contributed by atoms with Crippen LogP contribution in [0.5, 0.6) is 0 Å². The van der Waals surface area contributed by atoms with E-state index in [0.717, 1.165) is 6.07 Å². The number of anilines is 1. The second-order valence-electron chi connectivity index (χ2n) is 3.73. The smallest absolute Gasteiger partial charge is 0.263 e. The van der Waals surface area contributed by atoms with Crippen LogP contribution in [-0.4, -0.2) is 18.2 Å². The van der Waals surface area contributed by atoms with E-state index in [4.69, 9.17) is 5.26 Å². The maximum Gasteiger partial charge on any atom is 0.263 e. The van der Waals surface area contributed by atoms with Gasteiger partial charge in [-0.25, -0.2) is 12.8 Å². The highest BCUT2D eigenvalue weighted by Crippen LogP contribution is 2.20. The average molecular weight is 280 g/mol. The summed E-state index contributed by atoms with van der Waals surface area (Å²) in [6.45, 7) is 0. The summed E-state index contributed by atoms with van der Waals surface area (Å²) < 4.78 is 41.2. The molecule has 6 nitrogen and oxygen atoms in total. The van der Waals surface area contributed by atoms with Gasteiger partial charge in [0.25, 0.3) is 10.0 Å². The minimum atomic E-state index is -4.03. The lowest BCUT2D eigenvalue weighted by Crippen LogP contribution is -2.14. The van der Waals surface area contributed by atoms with Gasteiger partial charge in [0, 0.05) is 13.2 Å². The Labute approximate surface area is 109 Å². The lowest BCUT2D eigenvalue weighted by Gasteiger charge is -2.07. The number of halogens is 1. The Hall–Kier alpha value is -2.40. The highest BCUT2D eigenvalue weighted by atomic mass is 32.2. The first-order chi connectivity index (χ1) is 8.94. The number of nitrogens with one attached hydrogen (secondary N) is 1. The number of sulfonamides is 1. The van der Waals surface area contributed by atoms with Gasteiger partial charge in [-0.1, -0.05) is 6.07 Å². The number of nitrogens with zero attached hydrogens (tertiary/aromatic N) is 3. The number of aryl methyl sites for hydroxylation is 1. The molecule has 98 valence electrons. The van der Waals surface area contributed by atoms with Crippen LogP contribution in [0, 0.1) is 17.1 Å².